The molecule has 106 valence electrons. The zero-order valence-electron chi connectivity index (χ0n) is 11.8. The number of amides is 1. The van der Waals surface area contributed by atoms with Gasteiger partial charge in [-0.2, -0.15) is 0 Å². The van der Waals surface area contributed by atoms with Crippen LogP contribution in [0.5, 0.6) is 0 Å². The van der Waals surface area contributed by atoms with Gasteiger partial charge in [-0.05, 0) is 39.7 Å². The number of aryl methyl sites for hydroxylation is 1. The fourth-order valence-corrected chi connectivity index (χ4v) is 2.84. The van der Waals surface area contributed by atoms with E-state index in [1.807, 2.05) is 13.8 Å². The Hall–Kier alpha value is -1.56. The van der Waals surface area contributed by atoms with Gasteiger partial charge in [0.25, 0.3) is 0 Å². The molecule has 1 heterocycles. The van der Waals surface area contributed by atoms with Gasteiger partial charge >= 0.3 is 12.1 Å². The summed E-state index contributed by atoms with van der Waals surface area (Å²) in [4.78, 5) is 23.9. The first-order valence-corrected chi connectivity index (χ1v) is 6.83. The van der Waals surface area contributed by atoms with E-state index < -0.39 is 17.7 Å². The molecule has 0 aliphatic carbocycles. The van der Waals surface area contributed by atoms with Gasteiger partial charge in [-0.15, -0.1) is 11.3 Å². The minimum atomic E-state index is -1.03. The highest BCUT2D eigenvalue weighted by Gasteiger charge is 2.23. The maximum absolute atomic E-state index is 11.7. The molecule has 0 radical (unpaired) electrons. The van der Waals surface area contributed by atoms with Crippen molar-refractivity contribution in [1.82, 2.24) is 0 Å². The number of carboxylic acids is 1. The summed E-state index contributed by atoms with van der Waals surface area (Å²) in [6.07, 6.45) is -0.0288. The Morgan fingerprint density at radius 3 is 2.37 bits per heavy atom. The summed E-state index contributed by atoms with van der Waals surface area (Å²) in [5, 5.41) is 12.1. The second kappa shape index (κ2) is 5.61. The molecule has 0 aliphatic rings. The zero-order chi connectivity index (χ0) is 14.8. The van der Waals surface area contributed by atoms with Crippen LogP contribution < -0.4 is 5.32 Å². The van der Waals surface area contributed by atoms with Crippen LogP contribution in [0.1, 0.15) is 48.5 Å². The van der Waals surface area contributed by atoms with Crippen molar-refractivity contribution in [1.29, 1.82) is 0 Å². The average molecular weight is 285 g/mol. The third-order valence-electron chi connectivity index (χ3n) is 2.39. The van der Waals surface area contributed by atoms with Crippen molar-refractivity contribution in [3.63, 3.8) is 0 Å². The van der Waals surface area contributed by atoms with Crippen molar-refractivity contribution in [2.24, 2.45) is 0 Å². The van der Waals surface area contributed by atoms with Crippen LogP contribution in [0.3, 0.4) is 0 Å². The van der Waals surface area contributed by atoms with Gasteiger partial charge in [0.1, 0.15) is 10.6 Å². The first-order valence-electron chi connectivity index (χ1n) is 6.01. The van der Waals surface area contributed by atoms with E-state index in [0.29, 0.717) is 11.4 Å². The van der Waals surface area contributed by atoms with E-state index in [-0.39, 0.29) is 5.56 Å². The summed E-state index contributed by atoms with van der Waals surface area (Å²) in [5.41, 5.74) is 0.298. The number of thiophene rings is 1. The summed E-state index contributed by atoms with van der Waals surface area (Å²) < 4.78 is 5.12. The quantitative estimate of drug-likeness (QED) is 0.888. The number of carbonyl (C=O) groups excluding carboxylic acids is 1. The van der Waals surface area contributed by atoms with Crippen molar-refractivity contribution < 1.29 is 19.4 Å². The number of carbonyl (C=O) groups is 2. The number of hydrogen-bond acceptors (Lipinski definition) is 4. The number of carboxylic acid groups (broad SMARTS) is 1. The Morgan fingerprint density at radius 1 is 1.37 bits per heavy atom. The van der Waals surface area contributed by atoms with Gasteiger partial charge in [-0.25, -0.2) is 9.59 Å². The highest BCUT2D eigenvalue weighted by atomic mass is 32.1. The third kappa shape index (κ3) is 3.96. The number of anilines is 1. The smallest absolute Gasteiger partial charge is 0.412 e. The SMILES string of the molecule is CCc1c(C)sc(NC(=O)OC(C)(C)C)c1C(=O)O. The lowest BCUT2D eigenvalue weighted by Crippen LogP contribution is -2.27. The Bertz CT molecular complexity index is 499. The van der Waals surface area contributed by atoms with Gasteiger partial charge in [0.2, 0.25) is 0 Å². The number of hydrogen-bond donors (Lipinski definition) is 2. The molecule has 0 spiro atoms. The molecule has 19 heavy (non-hydrogen) atoms. The molecule has 0 saturated heterocycles. The molecule has 1 aromatic heterocycles. The van der Waals surface area contributed by atoms with E-state index in [1.165, 1.54) is 11.3 Å². The lowest BCUT2D eigenvalue weighted by atomic mass is 10.1. The Morgan fingerprint density at radius 2 is 1.95 bits per heavy atom. The first kappa shape index (κ1) is 15.5. The lowest BCUT2D eigenvalue weighted by molar-refractivity contribution is 0.0636. The van der Waals surface area contributed by atoms with Crippen LogP contribution in [-0.2, 0) is 11.2 Å². The van der Waals surface area contributed by atoms with Gasteiger partial charge in [0.15, 0.2) is 0 Å². The molecular weight excluding hydrogens is 266 g/mol. The maximum Gasteiger partial charge on any atom is 0.412 e. The monoisotopic (exact) mass is 285 g/mol. The molecule has 6 heteroatoms. The molecular formula is C13H19NO4S. The van der Waals surface area contributed by atoms with Crippen LogP contribution in [0.25, 0.3) is 0 Å². The second-order valence-electron chi connectivity index (χ2n) is 5.13. The van der Waals surface area contributed by atoms with Crippen molar-refractivity contribution in [2.45, 2.75) is 46.6 Å². The molecule has 5 nitrogen and oxygen atoms in total. The van der Waals surface area contributed by atoms with Gasteiger partial charge in [0, 0.05) is 4.88 Å². The van der Waals surface area contributed by atoms with Gasteiger partial charge in [-0.1, -0.05) is 6.92 Å². The van der Waals surface area contributed by atoms with Crippen LogP contribution in [0.2, 0.25) is 0 Å². The number of nitrogens with one attached hydrogen (secondary N) is 1. The predicted octanol–water partition coefficient (Wildman–Crippen LogP) is 3.66. The molecule has 2 N–H and O–H groups in total. The van der Waals surface area contributed by atoms with Crippen molar-refractivity contribution in [3.05, 3.63) is 16.0 Å². The summed E-state index contributed by atoms with van der Waals surface area (Å²) in [7, 11) is 0. The van der Waals surface area contributed by atoms with E-state index in [4.69, 9.17) is 4.74 Å². The molecule has 0 saturated carbocycles. The van der Waals surface area contributed by atoms with Crippen molar-refractivity contribution in [3.8, 4) is 0 Å². The number of ether oxygens (including phenoxy) is 1. The number of rotatable bonds is 3. The third-order valence-corrected chi connectivity index (χ3v) is 3.45. The Balaban J connectivity index is 3.02. The van der Waals surface area contributed by atoms with Crippen LogP contribution >= 0.6 is 11.3 Å². The highest BCUT2D eigenvalue weighted by molar-refractivity contribution is 7.16. The van der Waals surface area contributed by atoms with Crippen molar-refractivity contribution >= 4 is 28.4 Å². The zero-order valence-corrected chi connectivity index (χ0v) is 12.6. The summed E-state index contributed by atoms with van der Waals surface area (Å²) in [6.45, 7) is 8.99. The highest BCUT2D eigenvalue weighted by Crippen LogP contribution is 2.33. The van der Waals surface area contributed by atoms with E-state index in [0.717, 1.165) is 10.4 Å². The minimum absolute atomic E-state index is 0.163. The Labute approximate surface area is 116 Å². The van der Waals surface area contributed by atoms with E-state index in [1.54, 1.807) is 20.8 Å². The molecule has 0 unspecified atom stereocenters. The van der Waals surface area contributed by atoms with Gasteiger partial charge in [0.05, 0.1) is 5.56 Å². The fraction of sp³-hybridized carbons (Fsp3) is 0.538. The van der Waals surface area contributed by atoms with Gasteiger partial charge < -0.3 is 9.84 Å². The van der Waals surface area contributed by atoms with Crippen LogP contribution in [-0.4, -0.2) is 22.8 Å². The summed E-state index contributed by atoms with van der Waals surface area (Å²) in [6, 6.07) is 0. The molecule has 1 rings (SSSR count). The van der Waals surface area contributed by atoms with E-state index >= 15 is 0 Å². The minimum Gasteiger partial charge on any atom is -0.478 e. The summed E-state index contributed by atoms with van der Waals surface area (Å²) in [5.74, 6) is -1.03. The maximum atomic E-state index is 11.7. The molecule has 0 aliphatic heterocycles. The molecule has 1 aromatic rings. The van der Waals surface area contributed by atoms with Crippen LogP contribution in [0.15, 0.2) is 0 Å². The fourth-order valence-electron chi connectivity index (χ4n) is 1.72. The summed E-state index contributed by atoms with van der Waals surface area (Å²) >= 11 is 1.26. The predicted molar refractivity (Wildman–Crippen MR) is 75.3 cm³/mol. The molecule has 0 atom stereocenters. The van der Waals surface area contributed by atoms with Crippen LogP contribution in [0, 0.1) is 6.92 Å². The normalized spacial score (nSPS) is 11.2. The van der Waals surface area contributed by atoms with E-state index in [2.05, 4.69) is 5.32 Å². The van der Waals surface area contributed by atoms with Gasteiger partial charge in [-0.3, -0.25) is 5.32 Å². The van der Waals surface area contributed by atoms with Crippen LogP contribution in [0.4, 0.5) is 9.80 Å². The Kier molecular flexibility index (Phi) is 4.57. The lowest BCUT2D eigenvalue weighted by Gasteiger charge is -2.19. The molecule has 0 bridgehead atoms. The molecule has 0 fully saturated rings. The standard InChI is InChI=1S/C13H19NO4S/c1-6-8-7(2)19-10(9(8)11(15)16)14-12(17)18-13(3,4)5/h6H2,1-5H3,(H,14,17)(H,15,16). The largest absolute Gasteiger partial charge is 0.478 e. The average Bonchev–Trinajstić information content (AvgIpc) is 2.50. The number of aromatic carboxylic acids is 1. The first-order chi connectivity index (χ1) is 8.65. The second-order valence-corrected chi connectivity index (χ2v) is 6.35. The molecule has 0 aromatic carbocycles. The van der Waals surface area contributed by atoms with E-state index in [9.17, 15) is 14.7 Å². The molecule has 1 amide bonds. The van der Waals surface area contributed by atoms with Crippen molar-refractivity contribution in [2.75, 3.05) is 5.32 Å². The topological polar surface area (TPSA) is 75.6 Å².